The third kappa shape index (κ3) is 3.26. The molecular weight excluding hydrogens is 471 g/mol. The van der Waals surface area contributed by atoms with E-state index in [4.69, 9.17) is 11.3 Å². The second-order valence-electron chi connectivity index (χ2n) is 10.3. The average Bonchev–Trinajstić information content (AvgIpc) is 3.26. The predicted molar refractivity (Wildman–Crippen MR) is 151 cm³/mol. The van der Waals surface area contributed by atoms with Crippen LogP contribution in [0.5, 0.6) is 11.5 Å². The zero-order valence-electron chi connectivity index (χ0n) is 21.0. The number of rotatable bonds is 2. The number of aromatic nitrogens is 1. The van der Waals surface area contributed by atoms with Gasteiger partial charge in [0, 0.05) is 27.6 Å². The zero-order chi connectivity index (χ0) is 26.0. The van der Waals surface area contributed by atoms with Gasteiger partial charge in [-0.15, -0.1) is 0 Å². The van der Waals surface area contributed by atoms with E-state index in [0.717, 1.165) is 55.7 Å². The number of nitrogens with zero attached hydrogens (tertiary/aromatic N) is 2. The summed E-state index contributed by atoms with van der Waals surface area (Å²) < 4.78 is 22.1. The fourth-order valence-electron chi connectivity index (χ4n) is 5.75. The summed E-state index contributed by atoms with van der Waals surface area (Å²) in [4.78, 5) is 3.66. The second-order valence-corrected chi connectivity index (χ2v) is 10.3. The number of para-hydroxylation sites is 1. The summed E-state index contributed by atoms with van der Waals surface area (Å²) in [5.41, 5.74) is 7.77. The molecule has 2 heterocycles. The fourth-order valence-corrected chi connectivity index (χ4v) is 5.75. The molecule has 182 valence electrons. The molecule has 0 saturated carbocycles. The molecule has 0 radical (unpaired) electrons. The maximum Gasteiger partial charge on any atom is 0.188 e. The van der Waals surface area contributed by atoms with Crippen molar-refractivity contribution in [3.8, 4) is 28.3 Å². The van der Waals surface area contributed by atoms with Crippen LogP contribution in [0.25, 0.3) is 43.5 Å². The highest BCUT2D eigenvalue weighted by Gasteiger charge is 2.34. The van der Waals surface area contributed by atoms with Crippen LogP contribution >= 0.6 is 0 Å². The van der Waals surface area contributed by atoms with Gasteiger partial charge in [-0.3, -0.25) is 0 Å². The molecule has 0 unspecified atom stereocenters. The number of benzene rings is 5. The molecule has 0 bridgehead atoms. The number of hydrogen-bond donors (Lipinski definition) is 0. The van der Waals surface area contributed by atoms with Crippen molar-refractivity contribution in [2.45, 2.75) is 19.3 Å². The van der Waals surface area contributed by atoms with Crippen molar-refractivity contribution in [3.63, 3.8) is 0 Å². The summed E-state index contributed by atoms with van der Waals surface area (Å²) in [5, 5.41) is 2.04. The minimum Gasteiger partial charge on any atom is -0.457 e. The summed E-state index contributed by atoms with van der Waals surface area (Å²) in [6.07, 6.45) is 0. The molecule has 0 atom stereocenters. The van der Waals surface area contributed by atoms with Crippen LogP contribution in [0.4, 0.5) is 10.1 Å². The highest BCUT2D eigenvalue weighted by atomic mass is 19.1. The number of fused-ring (bicyclic) bond motifs is 5. The van der Waals surface area contributed by atoms with Crippen LogP contribution in [0.3, 0.4) is 0 Å². The van der Waals surface area contributed by atoms with Crippen LogP contribution < -0.4 is 4.74 Å². The Hall–Kier alpha value is -4.88. The lowest BCUT2D eigenvalue weighted by Crippen LogP contribution is -2.24. The molecular formula is C34H23FN2O. The second kappa shape index (κ2) is 8.06. The van der Waals surface area contributed by atoms with Gasteiger partial charge in [-0.2, -0.15) is 0 Å². The monoisotopic (exact) mass is 494 g/mol. The Morgan fingerprint density at radius 2 is 1.37 bits per heavy atom. The first kappa shape index (κ1) is 22.3. The van der Waals surface area contributed by atoms with Gasteiger partial charge in [-0.05, 0) is 83.2 Å². The smallest absolute Gasteiger partial charge is 0.188 e. The zero-order valence-corrected chi connectivity index (χ0v) is 21.0. The molecule has 5 aromatic carbocycles. The van der Waals surface area contributed by atoms with Gasteiger partial charge in [0.05, 0.1) is 17.6 Å². The fraction of sp³-hybridized carbons (Fsp3) is 0.0882. The van der Waals surface area contributed by atoms with Gasteiger partial charge in [0.1, 0.15) is 17.3 Å². The Kier molecular flexibility index (Phi) is 4.74. The maximum absolute atomic E-state index is 13.7. The number of ether oxygens (including phenoxy) is 1. The van der Waals surface area contributed by atoms with Crippen molar-refractivity contribution >= 4 is 27.5 Å². The van der Waals surface area contributed by atoms with E-state index in [0.29, 0.717) is 5.69 Å². The third-order valence-corrected chi connectivity index (χ3v) is 7.73. The SMILES string of the molecule is [C-]#[N+]c1ccc2c(c1)c1cc(-c3ccc4c(c3)C(C)(C)c3ccccc3O4)ccc1n2-c1ccc(F)cc1. The lowest BCUT2D eigenvalue weighted by Gasteiger charge is -2.34. The van der Waals surface area contributed by atoms with E-state index in [1.807, 2.05) is 30.3 Å². The maximum atomic E-state index is 13.7. The average molecular weight is 495 g/mol. The Balaban J connectivity index is 1.43. The standard InChI is InChI=1S/C34H23FN2O/c1-34(2)28-6-4-5-7-32(28)38-33-17-9-22(19-29(33)34)21-8-15-30-26(18-21)27-20-24(36-3)12-16-31(27)37(30)25-13-10-23(35)11-14-25/h4-20H,1-2H3. The number of halogens is 1. The van der Waals surface area contributed by atoms with Gasteiger partial charge in [0.2, 0.25) is 0 Å². The summed E-state index contributed by atoms with van der Waals surface area (Å²) in [5.74, 6) is 1.52. The van der Waals surface area contributed by atoms with Crippen molar-refractivity contribution in [2.24, 2.45) is 0 Å². The quantitative estimate of drug-likeness (QED) is 0.219. The molecule has 1 aliphatic heterocycles. The molecule has 3 nitrogen and oxygen atoms in total. The van der Waals surface area contributed by atoms with Crippen LogP contribution in [-0.4, -0.2) is 4.57 Å². The third-order valence-electron chi connectivity index (χ3n) is 7.73. The summed E-state index contributed by atoms with van der Waals surface area (Å²) >= 11 is 0. The number of hydrogen-bond acceptors (Lipinski definition) is 1. The van der Waals surface area contributed by atoms with Gasteiger partial charge in [0.15, 0.2) is 5.69 Å². The normalized spacial score (nSPS) is 13.5. The molecule has 7 rings (SSSR count). The van der Waals surface area contributed by atoms with E-state index in [-0.39, 0.29) is 11.2 Å². The molecule has 1 aromatic heterocycles. The summed E-state index contributed by atoms with van der Waals surface area (Å²) in [6.45, 7) is 12.0. The largest absolute Gasteiger partial charge is 0.457 e. The van der Waals surface area contributed by atoms with Crippen LogP contribution in [0.1, 0.15) is 25.0 Å². The molecule has 0 fully saturated rings. The van der Waals surface area contributed by atoms with E-state index < -0.39 is 0 Å². The Morgan fingerprint density at radius 3 is 2.16 bits per heavy atom. The van der Waals surface area contributed by atoms with Gasteiger partial charge in [-0.25, -0.2) is 9.24 Å². The van der Waals surface area contributed by atoms with Gasteiger partial charge in [-0.1, -0.05) is 50.2 Å². The van der Waals surface area contributed by atoms with Crippen molar-refractivity contribution in [1.29, 1.82) is 0 Å². The van der Waals surface area contributed by atoms with Crippen molar-refractivity contribution < 1.29 is 9.13 Å². The molecule has 0 saturated heterocycles. The first-order valence-corrected chi connectivity index (χ1v) is 12.6. The first-order chi connectivity index (χ1) is 18.4. The molecule has 0 N–H and O–H groups in total. The van der Waals surface area contributed by atoms with E-state index in [1.165, 1.54) is 17.7 Å². The molecule has 0 spiro atoms. The van der Waals surface area contributed by atoms with Crippen molar-refractivity contribution in [3.05, 3.63) is 131 Å². The van der Waals surface area contributed by atoms with E-state index in [1.54, 1.807) is 12.1 Å². The van der Waals surface area contributed by atoms with E-state index in [9.17, 15) is 4.39 Å². The van der Waals surface area contributed by atoms with Crippen LogP contribution in [0.15, 0.2) is 103 Å². The Labute approximate surface area is 220 Å². The van der Waals surface area contributed by atoms with Gasteiger partial charge < -0.3 is 9.30 Å². The Morgan fingerprint density at radius 1 is 0.711 bits per heavy atom. The van der Waals surface area contributed by atoms with Crippen LogP contribution in [0.2, 0.25) is 0 Å². The Bertz CT molecular complexity index is 1940. The topological polar surface area (TPSA) is 18.5 Å². The lowest BCUT2D eigenvalue weighted by atomic mass is 9.75. The van der Waals surface area contributed by atoms with Crippen LogP contribution in [-0.2, 0) is 5.41 Å². The molecule has 0 amide bonds. The molecule has 4 heteroatoms. The van der Waals surface area contributed by atoms with Crippen molar-refractivity contribution in [2.75, 3.05) is 0 Å². The van der Waals surface area contributed by atoms with Gasteiger partial charge >= 0.3 is 0 Å². The van der Waals surface area contributed by atoms with E-state index >= 15 is 0 Å². The van der Waals surface area contributed by atoms with Crippen LogP contribution in [0, 0.1) is 12.4 Å². The highest BCUT2D eigenvalue weighted by Crippen LogP contribution is 2.49. The minimum atomic E-state index is -0.269. The molecule has 6 aromatic rings. The molecule has 1 aliphatic rings. The first-order valence-electron chi connectivity index (χ1n) is 12.6. The predicted octanol–water partition coefficient (Wildman–Crippen LogP) is 9.57. The summed E-state index contributed by atoms with van der Waals surface area (Å²) in [7, 11) is 0. The lowest BCUT2D eigenvalue weighted by molar-refractivity contribution is 0.418. The van der Waals surface area contributed by atoms with E-state index in [2.05, 4.69) is 71.8 Å². The summed E-state index contributed by atoms with van der Waals surface area (Å²) in [6, 6.07) is 33.3. The minimum absolute atomic E-state index is 0.201. The van der Waals surface area contributed by atoms with Gasteiger partial charge in [0.25, 0.3) is 0 Å². The molecule has 0 aliphatic carbocycles. The highest BCUT2D eigenvalue weighted by molar-refractivity contribution is 6.11. The van der Waals surface area contributed by atoms with Crippen molar-refractivity contribution in [1.82, 2.24) is 4.57 Å². The molecule has 38 heavy (non-hydrogen) atoms.